The lowest BCUT2D eigenvalue weighted by molar-refractivity contribution is 0.208. The lowest BCUT2D eigenvalue weighted by atomic mass is 10.2. The molecule has 120 valence electrons. The van der Waals surface area contributed by atoms with Crippen molar-refractivity contribution in [3.63, 3.8) is 0 Å². The molecule has 1 aromatic carbocycles. The third-order valence-corrected chi connectivity index (χ3v) is 3.77. The first-order valence-electron chi connectivity index (χ1n) is 7.82. The van der Waals surface area contributed by atoms with E-state index in [0.29, 0.717) is 6.54 Å². The number of aryl methyl sites for hydroxylation is 2. The van der Waals surface area contributed by atoms with Crippen molar-refractivity contribution >= 4 is 11.5 Å². The summed E-state index contributed by atoms with van der Waals surface area (Å²) in [5, 5.41) is 15.9. The van der Waals surface area contributed by atoms with Gasteiger partial charge in [0.1, 0.15) is 17.7 Å². The second-order valence-electron chi connectivity index (χ2n) is 5.53. The van der Waals surface area contributed by atoms with Crippen LogP contribution in [0.15, 0.2) is 36.4 Å². The van der Waals surface area contributed by atoms with Gasteiger partial charge in [0.15, 0.2) is 11.5 Å². The summed E-state index contributed by atoms with van der Waals surface area (Å²) in [6.45, 7) is 6.74. The largest absolute Gasteiger partial charge is 0.488 e. The second kappa shape index (κ2) is 6.64. The Morgan fingerprint density at radius 2 is 1.96 bits per heavy atom. The van der Waals surface area contributed by atoms with Crippen LogP contribution in [0.4, 0.5) is 5.82 Å². The van der Waals surface area contributed by atoms with E-state index in [1.807, 2.05) is 37.3 Å². The van der Waals surface area contributed by atoms with Gasteiger partial charge in [-0.3, -0.25) is 0 Å². The van der Waals surface area contributed by atoms with Crippen LogP contribution in [0.2, 0.25) is 0 Å². The molecule has 6 heteroatoms. The fourth-order valence-corrected chi connectivity index (χ4v) is 2.35. The van der Waals surface area contributed by atoms with Gasteiger partial charge < -0.3 is 10.1 Å². The number of nitrogens with zero attached hydrogens (tertiary/aromatic N) is 4. The maximum absolute atomic E-state index is 6.09. The van der Waals surface area contributed by atoms with Gasteiger partial charge in [0.25, 0.3) is 0 Å². The number of aromatic nitrogens is 4. The van der Waals surface area contributed by atoms with Gasteiger partial charge in [-0.1, -0.05) is 25.1 Å². The summed E-state index contributed by atoms with van der Waals surface area (Å²) in [6, 6.07) is 11.9. The van der Waals surface area contributed by atoms with Crippen molar-refractivity contribution in [2.45, 2.75) is 33.3 Å². The SMILES string of the molecule is CCC(CNc1ccc2nnc(C)n2n1)Oc1ccccc1C. The molecule has 0 spiro atoms. The highest BCUT2D eigenvalue weighted by Gasteiger charge is 2.10. The smallest absolute Gasteiger partial charge is 0.178 e. The molecule has 1 atom stereocenters. The van der Waals surface area contributed by atoms with Gasteiger partial charge in [-0.2, -0.15) is 4.52 Å². The summed E-state index contributed by atoms with van der Waals surface area (Å²) in [6.07, 6.45) is 0.991. The molecule has 0 aliphatic rings. The molecule has 0 fully saturated rings. The van der Waals surface area contributed by atoms with E-state index < -0.39 is 0 Å². The first-order valence-corrected chi connectivity index (χ1v) is 7.82. The van der Waals surface area contributed by atoms with Crippen LogP contribution in [0.1, 0.15) is 24.7 Å². The molecule has 1 N–H and O–H groups in total. The molecule has 0 aliphatic carbocycles. The Balaban J connectivity index is 1.67. The third kappa shape index (κ3) is 3.41. The summed E-state index contributed by atoms with van der Waals surface area (Å²) in [5.41, 5.74) is 1.89. The summed E-state index contributed by atoms with van der Waals surface area (Å²) < 4.78 is 7.82. The number of fused-ring (bicyclic) bond motifs is 1. The number of ether oxygens (including phenoxy) is 1. The number of para-hydroxylation sites is 1. The van der Waals surface area contributed by atoms with E-state index >= 15 is 0 Å². The fourth-order valence-electron chi connectivity index (χ4n) is 2.35. The number of nitrogens with one attached hydrogen (secondary N) is 1. The maximum atomic E-state index is 6.09. The molecular formula is C17H21N5O. The minimum absolute atomic E-state index is 0.0793. The van der Waals surface area contributed by atoms with E-state index in [2.05, 4.69) is 40.5 Å². The summed E-state index contributed by atoms with van der Waals surface area (Å²) >= 11 is 0. The molecule has 0 saturated carbocycles. The van der Waals surface area contributed by atoms with Crippen LogP contribution in [0.3, 0.4) is 0 Å². The predicted octanol–water partition coefficient (Wildman–Crippen LogP) is 3.01. The van der Waals surface area contributed by atoms with Gasteiger partial charge in [-0.15, -0.1) is 15.3 Å². The molecule has 3 rings (SSSR count). The second-order valence-corrected chi connectivity index (χ2v) is 5.53. The molecule has 0 amide bonds. The zero-order valence-electron chi connectivity index (χ0n) is 13.7. The Bertz CT molecular complexity index is 799. The molecule has 0 aliphatic heterocycles. The summed E-state index contributed by atoms with van der Waals surface area (Å²) in [7, 11) is 0. The number of anilines is 1. The first-order chi connectivity index (χ1) is 11.2. The third-order valence-electron chi connectivity index (χ3n) is 3.77. The Kier molecular flexibility index (Phi) is 4.41. The monoisotopic (exact) mass is 311 g/mol. The van der Waals surface area contributed by atoms with Gasteiger partial charge in [0.05, 0.1) is 6.54 Å². The zero-order chi connectivity index (χ0) is 16.2. The number of benzene rings is 1. The number of hydrogen-bond acceptors (Lipinski definition) is 5. The topological polar surface area (TPSA) is 64.3 Å². The molecule has 0 radical (unpaired) electrons. The summed E-state index contributed by atoms with van der Waals surface area (Å²) in [4.78, 5) is 0. The molecule has 1 unspecified atom stereocenters. The van der Waals surface area contributed by atoms with Gasteiger partial charge in [0.2, 0.25) is 0 Å². The first kappa shape index (κ1) is 15.3. The highest BCUT2D eigenvalue weighted by molar-refractivity contribution is 5.44. The average Bonchev–Trinajstić information content (AvgIpc) is 2.94. The fraction of sp³-hybridized carbons (Fsp3) is 0.353. The van der Waals surface area contributed by atoms with Crippen LogP contribution in [0.25, 0.3) is 5.65 Å². The Morgan fingerprint density at radius 3 is 2.74 bits per heavy atom. The molecule has 0 bridgehead atoms. The molecular weight excluding hydrogens is 290 g/mol. The molecule has 2 aromatic heterocycles. The van der Waals surface area contributed by atoms with E-state index in [-0.39, 0.29) is 6.10 Å². The van der Waals surface area contributed by atoms with E-state index in [4.69, 9.17) is 4.74 Å². The van der Waals surface area contributed by atoms with Crippen molar-refractivity contribution in [2.24, 2.45) is 0 Å². The van der Waals surface area contributed by atoms with Crippen molar-refractivity contribution in [1.82, 2.24) is 19.8 Å². The quantitative estimate of drug-likeness (QED) is 0.758. The highest BCUT2D eigenvalue weighted by atomic mass is 16.5. The summed E-state index contributed by atoms with van der Waals surface area (Å²) in [5.74, 6) is 2.48. The van der Waals surface area contributed by atoms with Crippen LogP contribution in [-0.2, 0) is 0 Å². The van der Waals surface area contributed by atoms with Crippen molar-refractivity contribution in [3.8, 4) is 5.75 Å². The average molecular weight is 311 g/mol. The van der Waals surface area contributed by atoms with Crippen molar-refractivity contribution in [3.05, 3.63) is 47.8 Å². The van der Waals surface area contributed by atoms with E-state index in [1.54, 1.807) is 4.52 Å². The lowest BCUT2D eigenvalue weighted by Crippen LogP contribution is -2.26. The van der Waals surface area contributed by atoms with Crippen molar-refractivity contribution in [1.29, 1.82) is 0 Å². The normalized spacial score (nSPS) is 12.3. The Labute approximate surface area is 135 Å². The van der Waals surface area contributed by atoms with Gasteiger partial charge in [-0.25, -0.2) is 0 Å². The molecule has 3 aromatic rings. The van der Waals surface area contributed by atoms with Crippen LogP contribution >= 0.6 is 0 Å². The van der Waals surface area contributed by atoms with Gasteiger partial charge in [-0.05, 0) is 44.0 Å². The molecule has 0 saturated heterocycles. The molecule has 2 heterocycles. The van der Waals surface area contributed by atoms with Crippen LogP contribution in [0.5, 0.6) is 5.75 Å². The van der Waals surface area contributed by atoms with Crippen LogP contribution in [0, 0.1) is 13.8 Å². The van der Waals surface area contributed by atoms with E-state index in [9.17, 15) is 0 Å². The minimum Gasteiger partial charge on any atom is -0.488 e. The predicted molar refractivity (Wildman–Crippen MR) is 89.9 cm³/mol. The standard InChI is InChI=1S/C17H21N5O/c1-4-14(23-15-8-6-5-7-12(15)2)11-18-16-9-10-17-20-19-13(3)22(17)21-16/h5-10,14H,4,11H2,1-3H3,(H,18,21). The lowest BCUT2D eigenvalue weighted by Gasteiger charge is -2.19. The van der Waals surface area contributed by atoms with E-state index in [1.165, 1.54) is 0 Å². The minimum atomic E-state index is 0.0793. The van der Waals surface area contributed by atoms with Gasteiger partial charge >= 0.3 is 0 Å². The number of rotatable bonds is 6. The highest BCUT2D eigenvalue weighted by Crippen LogP contribution is 2.19. The van der Waals surface area contributed by atoms with Crippen LogP contribution in [-0.4, -0.2) is 32.5 Å². The van der Waals surface area contributed by atoms with E-state index in [0.717, 1.165) is 35.0 Å². The van der Waals surface area contributed by atoms with Crippen molar-refractivity contribution in [2.75, 3.05) is 11.9 Å². The number of hydrogen-bond donors (Lipinski definition) is 1. The molecule has 23 heavy (non-hydrogen) atoms. The Hall–Kier alpha value is -2.63. The van der Waals surface area contributed by atoms with Gasteiger partial charge in [0, 0.05) is 0 Å². The Morgan fingerprint density at radius 1 is 1.13 bits per heavy atom. The van der Waals surface area contributed by atoms with Crippen LogP contribution < -0.4 is 10.1 Å². The van der Waals surface area contributed by atoms with Crippen molar-refractivity contribution < 1.29 is 4.74 Å². The zero-order valence-corrected chi connectivity index (χ0v) is 13.7. The maximum Gasteiger partial charge on any atom is 0.178 e. The molecule has 6 nitrogen and oxygen atoms in total.